The number of benzene rings is 1. The molecule has 2 rings (SSSR count). The van der Waals surface area contributed by atoms with Crippen LogP contribution < -0.4 is 4.90 Å². The van der Waals surface area contributed by atoms with Crippen LogP contribution in [0.5, 0.6) is 0 Å². The maximum Gasteiger partial charge on any atom is 0.146 e. The molecule has 1 saturated heterocycles. The van der Waals surface area contributed by atoms with Gasteiger partial charge in [-0.25, -0.2) is 4.39 Å². The van der Waals surface area contributed by atoms with E-state index in [-0.39, 0.29) is 11.7 Å². The lowest BCUT2D eigenvalue weighted by atomic mass is 10.0. The van der Waals surface area contributed by atoms with Crippen molar-refractivity contribution in [1.82, 2.24) is 4.90 Å². The molecule has 22 heavy (non-hydrogen) atoms. The third-order valence-electron chi connectivity index (χ3n) is 4.42. The van der Waals surface area contributed by atoms with E-state index in [1.54, 1.807) is 12.1 Å². The van der Waals surface area contributed by atoms with E-state index in [0.29, 0.717) is 10.7 Å². The number of anilines is 1. The second-order valence-electron chi connectivity index (χ2n) is 6.99. The van der Waals surface area contributed by atoms with Gasteiger partial charge in [0.2, 0.25) is 0 Å². The van der Waals surface area contributed by atoms with E-state index in [0.717, 1.165) is 44.2 Å². The number of halogens is 2. The van der Waals surface area contributed by atoms with Crippen molar-refractivity contribution in [3.05, 3.63) is 28.5 Å². The standard InChI is InChI=1S/C18H28ClFN2/c1-13(2)5-6-21-7-9-22(10-8-21)18-12-16(19)15(14(3)4)11-17(18)20/h11-14H,5-10H2,1-4H3. The zero-order chi connectivity index (χ0) is 16.3. The molecule has 0 amide bonds. The number of piperazine rings is 1. The van der Waals surface area contributed by atoms with Crippen molar-refractivity contribution in [1.29, 1.82) is 0 Å². The Kier molecular flexibility index (Phi) is 6.10. The van der Waals surface area contributed by atoms with Crippen LogP contribution in [0, 0.1) is 11.7 Å². The Bertz CT molecular complexity index is 494. The predicted octanol–water partition coefficient (Wildman–Crippen LogP) is 4.77. The maximum atomic E-state index is 14.4. The summed E-state index contributed by atoms with van der Waals surface area (Å²) < 4.78 is 14.4. The van der Waals surface area contributed by atoms with Gasteiger partial charge in [-0.15, -0.1) is 0 Å². The van der Waals surface area contributed by atoms with Crippen molar-refractivity contribution in [3.63, 3.8) is 0 Å². The Morgan fingerprint density at radius 2 is 1.73 bits per heavy atom. The molecular weight excluding hydrogens is 299 g/mol. The quantitative estimate of drug-likeness (QED) is 0.769. The third kappa shape index (κ3) is 4.36. The van der Waals surface area contributed by atoms with Crippen LogP contribution in [0.25, 0.3) is 0 Å². The van der Waals surface area contributed by atoms with E-state index in [2.05, 4.69) is 23.6 Å². The maximum absolute atomic E-state index is 14.4. The topological polar surface area (TPSA) is 6.48 Å². The molecule has 0 saturated carbocycles. The first kappa shape index (κ1) is 17.6. The second-order valence-corrected chi connectivity index (χ2v) is 7.40. The van der Waals surface area contributed by atoms with Crippen LogP contribution >= 0.6 is 11.6 Å². The van der Waals surface area contributed by atoms with E-state index in [4.69, 9.17) is 11.6 Å². The van der Waals surface area contributed by atoms with E-state index in [1.165, 1.54) is 6.42 Å². The summed E-state index contributed by atoms with van der Waals surface area (Å²) in [5, 5.41) is 0.675. The largest absolute Gasteiger partial charge is 0.367 e. The molecule has 0 atom stereocenters. The number of hydrogen-bond acceptors (Lipinski definition) is 2. The monoisotopic (exact) mass is 326 g/mol. The summed E-state index contributed by atoms with van der Waals surface area (Å²) in [7, 11) is 0. The molecule has 0 radical (unpaired) electrons. The molecule has 0 bridgehead atoms. The first-order valence-corrected chi connectivity index (χ1v) is 8.72. The van der Waals surface area contributed by atoms with Gasteiger partial charge in [0.25, 0.3) is 0 Å². The summed E-state index contributed by atoms with van der Waals surface area (Å²) in [6, 6.07) is 3.41. The van der Waals surface area contributed by atoms with Crippen molar-refractivity contribution in [3.8, 4) is 0 Å². The summed E-state index contributed by atoms with van der Waals surface area (Å²) in [5.41, 5.74) is 1.54. The van der Waals surface area contributed by atoms with Crippen LogP contribution in [-0.4, -0.2) is 37.6 Å². The van der Waals surface area contributed by atoms with Crippen molar-refractivity contribution < 1.29 is 4.39 Å². The Hall–Kier alpha value is -0.800. The smallest absolute Gasteiger partial charge is 0.146 e. The van der Waals surface area contributed by atoms with Gasteiger partial charge in [0.1, 0.15) is 5.82 Å². The lowest BCUT2D eigenvalue weighted by molar-refractivity contribution is 0.243. The van der Waals surface area contributed by atoms with Crippen molar-refractivity contribution in [2.24, 2.45) is 5.92 Å². The minimum atomic E-state index is -0.149. The van der Waals surface area contributed by atoms with Gasteiger partial charge >= 0.3 is 0 Å². The van der Waals surface area contributed by atoms with Crippen LogP contribution in [-0.2, 0) is 0 Å². The SMILES string of the molecule is CC(C)CCN1CCN(c2cc(Cl)c(C(C)C)cc2F)CC1. The Labute approximate surface area is 139 Å². The normalized spacial score (nSPS) is 16.8. The molecule has 0 spiro atoms. The molecule has 0 unspecified atom stereocenters. The van der Waals surface area contributed by atoms with Crippen molar-refractivity contribution in [2.45, 2.75) is 40.0 Å². The summed E-state index contributed by atoms with van der Waals surface area (Å²) in [5.74, 6) is 0.825. The fourth-order valence-corrected chi connectivity index (χ4v) is 3.27. The number of hydrogen-bond donors (Lipinski definition) is 0. The van der Waals surface area contributed by atoms with Crippen molar-refractivity contribution in [2.75, 3.05) is 37.6 Å². The summed E-state index contributed by atoms with van der Waals surface area (Å²) in [4.78, 5) is 4.59. The highest BCUT2D eigenvalue weighted by Crippen LogP contribution is 2.32. The minimum absolute atomic E-state index is 0.149. The molecule has 1 aliphatic heterocycles. The average molecular weight is 327 g/mol. The molecule has 1 aliphatic rings. The summed E-state index contributed by atoms with van der Waals surface area (Å²) in [6.07, 6.45) is 1.23. The Morgan fingerprint density at radius 1 is 1.09 bits per heavy atom. The molecule has 1 heterocycles. The van der Waals surface area contributed by atoms with Crippen LogP contribution in [0.15, 0.2) is 12.1 Å². The fraction of sp³-hybridized carbons (Fsp3) is 0.667. The number of rotatable bonds is 5. The third-order valence-corrected chi connectivity index (χ3v) is 4.75. The van der Waals surface area contributed by atoms with Crippen LogP contribution in [0.2, 0.25) is 5.02 Å². The zero-order valence-corrected chi connectivity index (χ0v) is 15.0. The average Bonchev–Trinajstić information content (AvgIpc) is 2.47. The first-order valence-electron chi connectivity index (χ1n) is 8.34. The summed E-state index contributed by atoms with van der Waals surface area (Å²) in [6.45, 7) is 13.4. The van der Waals surface area contributed by atoms with Crippen LogP contribution in [0.3, 0.4) is 0 Å². The lowest BCUT2D eigenvalue weighted by Crippen LogP contribution is -2.47. The van der Waals surface area contributed by atoms with Gasteiger partial charge in [-0.3, -0.25) is 4.90 Å². The summed E-state index contributed by atoms with van der Waals surface area (Å²) >= 11 is 6.33. The highest BCUT2D eigenvalue weighted by atomic mass is 35.5. The number of nitrogens with zero attached hydrogens (tertiary/aromatic N) is 2. The van der Waals surface area contributed by atoms with Gasteiger partial charge in [0.15, 0.2) is 0 Å². The molecule has 1 aromatic rings. The van der Waals surface area contributed by atoms with E-state index in [9.17, 15) is 4.39 Å². The highest BCUT2D eigenvalue weighted by molar-refractivity contribution is 6.31. The van der Waals surface area contributed by atoms with Gasteiger partial charge < -0.3 is 4.90 Å². The lowest BCUT2D eigenvalue weighted by Gasteiger charge is -2.36. The Balaban J connectivity index is 2.01. The molecule has 2 nitrogen and oxygen atoms in total. The van der Waals surface area contributed by atoms with E-state index in [1.807, 2.05) is 13.8 Å². The molecule has 4 heteroatoms. The molecular formula is C18H28ClFN2. The first-order chi connectivity index (χ1) is 10.4. The molecule has 1 aromatic carbocycles. The van der Waals surface area contributed by atoms with Gasteiger partial charge in [-0.1, -0.05) is 39.3 Å². The van der Waals surface area contributed by atoms with E-state index < -0.39 is 0 Å². The van der Waals surface area contributed by atoms with Crippen LogP contribution in [0.1, 0.15) is 45.6 Å². The molecule has 1 fully saturated rings. The minimum Gasteiger partial charge on any atom is -0.367 e. The molecule has 124 valence electrons. The van der Waals surface area contributed by atoms with Crippen molar-refractivity contribution >= 4 is 17.3 Å². The second kappa shape index (κ2) is 7.65. The van der Waals surface area contributed by atoms with Gasteiger partial charge in [-0.2, -0.15) is 0 Å². The molecule has 0 aromatic heterocycles. The highest BCUT2D eigenvalue weighted by Gasteiger charge is 2.21. The molecule has 0 N–H and O–H groups in total. The zero-order valence-electron chi connectivity index (χ0n) is 14.2. The van der Waals surface area contributed by atoms with Gasteiger partial charge in [-0.05, 0) is 42.5 Å². The fourth-order valence-electron chi connectivity index (χ4n) is 2.89. The van der Waals surface area contributed by atoms with Gasteiger partial charge in [0.05, 0.1) is 5.69 Å². The van der Waals surface area contributed by atoms with Gasteiger partial charge in [0, 0.05) is 31.2 Å². The van der Waals surface area contributed by atoms with Crippen LogP contribution in [0.4, 0.5) is 10.1 Å². The molecule has 0 aliphatic carbocycles. The predicted molar refractivity (Wildman–Crippen MR) is 93.6 cm³/mol. The Morgan fingerprint density at radius 3 is 2.27 bits per heavy atom. The van der Waals surface area contributed by atoms with E-state index >= 15 is 0 Å².